The molecule has 1 aromatic heterocycles. The molecule has 130 valence electrons. The number of carbonyl (C=O) groups is 2. The number of fused-ring (bicyclic) bond motifs is 2. The van der Waals surface area contributed by atoms with Crippen LogP contribution in [0, 0.1) is 0 Å². The van der Waals surface area contributed by atoms with E-state index in [2.05, 4.69) is 11.6 Å². The van der Waals surface area contributed by atoms with Gasteiger partial charge in [0.1, 0.15) is 12.1 Å². The smallest absolute Gasteiger partial charge is 0.246 e. The Hall–Kier alpha value is -2.60. The van der Waals surface area contributed by atoms with Crippen molar-refractivity contribution in [2.24, 2.45) is 0 Å². The maximum atomic E-state index is 13.0. The van der Waals surface area contributed by atoms with E-state index < -0.39 is 18.2 Å². The van der Waals surface area contributed by atoms with Crippen molar-refractivity contribution in [2.75, 3.05) is 13.1 Å². The fraction of sp³-hybridized carbons (Fsp3) is 0.368. The van der Waals surface area contributed by atoms with Gasteiger partial charge in [0.2, 0.25) is 11.8 Å². The van der Waals surface area contributed by atoms with E-state index in [1.807, 2.05) is 30.5 Å². The number of carbonyl (C=O) groups excluding carboxylic acids is 2. The molecule has 0 radical (unpaired) electrons. The summed E-state index contributed by atoms with van der Waals surface area (Å²) in [6, 6.07) is 6.81. The molecule has 2 amide bonds. The van der Waals surface area contributed by atoms with Crippen LogP contribution in [0.5, 0.6) is 0 Å². The molecule has 4 rings (SSSR count). The molecule has 1 aromatic carbocycles. The van der Waals surface area contributed by atoms with Crippen LogP contribution in [0.1, 0.15) is 12.0 Å². The van der Waals surface area contributed by atoms with E-state index in [1.165, 1.54) is 0 Å². The molecule has 2 N–H and O–H groups in total. The van der Waals surface area contributed by atoms with E-state index in [4.69, 9.17) is 0 Å². The van der Waals surface area contributed by atoms with Crippen LogP contribution in [0.15, 0.2) is 43.1 Å². The Morgan fingerprint density at radius 1 is 1.28 bits per heavy atom. The van der Waals surface area contributed by atoms with E-state index in [9.17, 15) is 14.7 Å². The fourth-order valence-corrected chi connectivity index (χ4v) is 4.02. The minimum atomic E-state index is -0.629. The van der Waals surface area contributed by atoms with Crippen LogP contribution >= 0.6 is 0 Å². The average Bonchev–Trinajstić information content (AvgIpc) is 3.20. The third-order valence-electron chi connectivity index (χ3n) is 5.21. The third kappa shape index (κ3) is 2.53. The van der Waals surface area contributed by atoms with Crippen LogP contribution in [-0.4, -0.2) is 63.0 Å². The van der Waals surface area contributed by atoms with Crippen LogP contribution in [-0.2, 0) is 16.0 Å². The summed E-state index contributed by atoms with van der Waals surface area (Å²) in [6.07, 6.45) is 3.68. The van der Waals surface area contributed by atoms with Crippen molar-refractivity contribution in [3.8, 4) is 0 Å². The maximum Gasteiger partial charge on any atom is 0.246 e. The number of rotatable bonds is 4. The Bertz CT molecular complexity index is 843. The second-order valence-electron chi connectivity index (χ2n) is 6.75. The van der Waals surface area contributed by atoms with Crippen LogP contribution in [0.25, 0.3) is 10.9 Å². The van der Waals surface area contributed by atoms with Gasteiger partial charge in [-0.3, -0.25) is 9.59 Å². The second kappa shape index (κ2) is 6.04. The van der Waals surface area contributed by atoms with Gasteiger partial charge in [-0.05, 0) is 11.6 Å². The Balaban J connectivity index is 1.69. The molecular weight excluding hydrogens is 318 g/mol. The predicted molar refractivity (Wildman–Crippen MR) is 93.8 cm³/mol. The fourth-order valence-electron chi connectivity index (χ4n) is 4.02. The molecule has 3 heterocycles. The maximum absolute atomic E-state index is 13.0. The predicted octanol–water partition coefficient (Wildman–Crippen LogP) is 1.07. The van der Waals surface area contributed by atoms with E-state index in [1.54, 1.807) is 15.9 Å². The van der Waals surface area contributed by atoms with E-state index in [-0.39, 0.29) is 18.4 Å². The first-order valence-corrected chi connectivity index (χ1v) is 8.55. The lowest BCUT2D eigenvalue weighted by Crippen LogP contribution is -2.63. The van der Waals surface area contributed by atoms with Gasteiger partial charge in [0.25, 0.3) is 0 Å². The number of para-hydroxylation sites is 1. The standard InChI is InChI=1S/C19H21N3O3/c1-2-7-21-16(8-12-10-20-15-6-4-3-5-14(12)15)19(25)22-11-13(23)9-17(22)18(21)24/h2-6,10,13,16-17,20,23H,1,7-9,11H2/t13-,16+,17?/m1/s1. The topological polar surface area (TPSA) is 76.6 Å². The van der Waals surface area contributed by atoms with Crippen molar-refractivity contribution in [3.05, 3.63) is 48.7 Å². The number of hydrogen-bond acceptors (Lipinski definition) is 3. The molecule has 6 nitrogen and oxygen atoms in total. The van der Waals surface area contributed by atoms with Gasteiger partial charge in [0.15, 0.2) is 0 Å². The number of nitrogens with zero attached hydrogens (tertiary/aromatic N) is 2. The summed E-state index contributed by atoms with van der Waals surface area (Å²) in [5.41, 5.74) is 2.02. The van der Waals surface area contributed by atoms with Crippen LogP contribution in [0.2, 0.25) is 0 Å². The van der Waals surface area contributed by atoms with Gasteiger partial charge in [-0.15, -0.1) is 6.58 Å². The molecule has 0 aliphatic carbocycles. The molecule has 2 aromatic rings. The lowest BCUT2D eigenvalue weighted by molar-refractivity contribution is -0.158. The summed E-state index contributed by atoms with van der Waals surface area (Å²) in [6.45, 7) is 4.29. The first-order chi connectivity index (χ1) is 12.1. The van der Waals surface area contributed by atoms with Crippen LogP contribution in [0.3, 0.4) is 0 Å². The van der Waals surface area contributed by atoms with Crippen molar-refractivity contribution in [3.63, 3.8) is 0 Å². The Morgan fingerprint density at radius 2 is 2.08 bits per heavy atom. The summed E-state index contributed by atoms with van der Waals surface area (Å²) < 4.78 is 0. The molecule has 25 heavy (non-hydrogen) atoms. The number of nitrogens with one attached hydrogen (secondary N) is 1. The van der Waals surface area contributed by atoms with Gasteiger partial charge in [0.05, 0.1) is 6.10 Å². The van der Waals surface area contributed by atoms with Gasteiger partial charge in [-0.2, -0.15) is 0 Å². The zero-order chi connectivity index (χ0) is 17.6. The lowest BCUT2D eigenvalue weighted by Gasteiger charge is -2.41. The first-order valence-electron chi connectivity index (χ1n) is 8.55. The lowest BCUT2D eigenvalue weighted by atomic mass is 9.98. The van der Waals surface area contributed by atoms with Gasteiger partial charge < -0.3 is 19.9 Å². The highest BCUT2D eigenvalue weighted by Crippen LogP contribution is 2.30. The number of aromatic amines is 1. The number of amides is 2. The van der Waals surface area contributed by atoms with E-state index >= 15 is 0 Å². The molecule has 2 saturated heterocycles. The number of benzene rings is 1. The highest BCUT2D eigenvalue weighted by atomic mass is 16.3. The minimum absolute atomic E-state index is 0.0896. The summed E-state index contributed by atoms with van der Waals surface area (Å²) in [4.78, 5) is 32.2. The SMILES string of the molecule is C=CCN1C(=O)C2C[C@@H](O)CN2C(=O)[C@@H]1Cc1c[nH]c2ccccc12. The van der Waals surface area contributed by atoms with Crippen LogP contribution < -0.4 is 0 Å². The van der Waals surface area contributed by atoms with Crippen LogP contribution in [0.4, 0.5) is 0 Å². The molecule has 0 saturated carbocycles. The van der Waals surface area contributed by atoms with E-state index in [0.717, 1.165) is 16.5 Å². The monoisotopic (exact) mass is 339 g/mol. The van der Waals surface area contributed by atoms with Crippen molar-refractivity contribution < 1.29 is 14.7 Å². The largest absolute Gasteiger partial charge is 0.391 e. The molecule has 2 aliphatic rings. The quantitative estimate of drug-likeness (QED) is 0.818. The minimum Gasteiger partial charge on any atom is -0.391 e. The molecule has 0 bridgehead atoms. The van der Waals surface area contributed by atoms with Crippen molar-refractivity contribution in [1.29, 1.82) is 0 Å². The zero-order valence-corrected chi connectivity index (χ0v) is 13.9. The highest BCUT2D eigenvalue weighted by Gasteiger charge is 2.49. The van der Waals surface area contributed by atoms with Gasteiger partial charge in [0, 0.05) is 43.0 Å². The zero-order valence-electron chi connectivity index (χ0n) is 13.9. The van der Waals surface area contributed by atoms with Crippen molar-refractivity contribution >= 4 is 22.7 Å². The van der Waals surface area contributed by atoms with Gasteiger partial charge in [-0.25, -0.2) is 0 Å². The Labute approximate surface area is 145 Å². The Kier molecular flexibility index (Phi) is 3.84. The normalized spacial score (nSPS) is 26.4. The number of aliphatic hydroxyl groups is 1. The van der Waals surface area contributed by atoms with E-state index in [0.29, 0.717) is 19.4 Å². The number of aliphatic hydroxyl groups excluding tert-OH is 1. The molecule has 0 spiro atoms. The summed E-state index contributed by atoms with van der Waals surface area (Å²) in [5, 5.41) is 11.0. The number of hydrogen-bond donors (Lipinski definition) is 2. The molecule has 2 aliphatic heterocycles. The van der Waals surface area contributed by atoms with Gasteiger partial charge >= 0.3 is 0 Å². The first kappa shape index (κ1) is 15.9. The summed E-state index contributed by atoms with van der Waals surface area (Å²) in [7, 11) is 0. The van der Waals surface area contributed by atoms with Crippen molar-refractivity contribution in [1.82, 2.24) is 14.8 Å². The Morgan fingerprint density at radius 3 is 2.88 bits per heavy atom. The highest BCUT2D eigenvalue weighted by molar-refractivity contribution is 5.98. The number of aromatic nitrogens is 1. The summed E-state index contributed by atoms with van der Waals surface area (Å²) in [5.74, 6) is -0.186. The van der Waals surface area contributed by atoms with Crippen molar-refractivity contribution in [2.45, 2.75) is 31.0 Å². The number of piperazine rings is 1. The molecule has 6 heteroatoms. The molecule has 2 fully saturated rings. The third-order valence-corrected chi connectivity index (χ3v) is 5.21. The molecule has 3 atom stereocenters. The molecule has 1 unspecified atom stereocenters. The average molecular weight is 339 g/mol. The van der Waals surface area contributed by atoms with Gasteiger partial charge in [-0.1, -0.05) is 24.3 Å². The number of H-pyrrole nitrogens is 1. The second-order valence-corrected chi connectivity index (χ2v) is 6.75. The molecular formula is C19H21N3O3. The summed E-state index contributed by atoms with van der Waals surface area (Å²) >= 11 is 0.